The molecule has 0 saturated carbocycles. The Balaban J connectivity index is 2.04. The number of benzene rings is 1. The van der Waals surface area contributed by atoms with Gasteiger partial charge in [0.05, 0.1) is 6.10 Å². The van der Waals surface area contributed by atoms with Crippen LogP contribution in [0, 0.1) is 0 Å². The van der Waals surface area contributed by atoms with Gasteiger partial charge in [0.1, 0.15) is 0 Å². The highest BCUT2D eigenvalue weighted by atomic mass is 35.5. The molecule has 1 heterocycles. The van der Waals surface area contributed by atoms with Crippen LogP contribution in [0.15, 0.2) is 12.1 Å². The lowest BCUT2D eigenvalue weighted by Crippen LogP contribution is -2.29. The second kappa shape index (κ2) is 7.10. The zero-order chi connectivity index (χ0) is 14.7. The summed E-state index contributed by atoms with van der Waals surface area (Å²) in [5, 5.41) is 1.55. The van der Waals surface area contributed by atoms with Crippen molar-refractivity contribution in [2.24, 2.45) is 5.73 Å². The lowest BCUT2D eigenvalue weighted by Gasteiger charge is -2.24. The molecule has 1 aliphatic heterocycles. The molecule has 0 aliphatic carbocycles. The van der Waals surface area contributed by atoms with Gasteiger partial charge in [-0.2, -0.15) is 0 Å². The van der Waals surface area contributed by atoms with Crippen LogP contribution in [0.4, 0.5) is 0 Å². The number of fused-ring (bicyclic) bond motifs is 1. The van der Waals surface area contributed by atoms with Gasteiger partial charge in [-0.1, -0.05) is 23.2 Å². The van der Waals surface area contributed by atoms with Crippen LogP contribution < -0.4 is 5.73 Å². The van der Waals surface area contributed by atoms with Crippen LogP contribution in [0.3, 0.4) is 0 Å². The van der Waals surface area contributed by atoms with Gasteiger partial charge in [-0.3, -0.25) is 4.90 Å². The van der Waals surface area contributed by atoms with Crippen LogP contribution in [0.25, 0.3) is 0 Å². The molecule has 2 N–H and O–H groups in total. The lowest BCUT2D eigenvalue weighted by molar-refractivity contribution is 0.0675. The maximum absolute atomic E-state index is 6.32. The van der Waals surface area contributed by atoms with E-state index >= 15 is 0 Å². The van der Waals surface area contributed by atoms with Gasteiger partial charge in [-0.05, 0) is 43.5 Å². The third-order valence-electron chi connectivity index (χ3n) is 3.65. The van der Waals surface area contributed by atoms with Crippen LogP contribution in [0.2, 0.25) is 10.0 Å². The van der Waals surface area contributed by atoms with Gasteiger partial charge in [0.25, 0.3) is 0 Å². The predicted octanol–water partition coefficient (Wildman–Crippen LogP) is 3.62. The van der Waals surface area contributed by atoms with E-state index in [1.54, 1.807) is 0 Å². The van der Waals surface area contributed by atoms with E-state index < -0.39 is 0 Å². The summed E-state index contributed by atoms with van der Waals surface area (Å²) in [6.45, 7) is 7.18. The molecule has 0 bridgehead atoms. The second-order valence-electron chi connectivity index (χ2n) is 5.42. The van der Waals surface area contributed by atoms with Crippen LogP contribution in [0.5, 0.6) is 0 Å². The molecule has 3 nitrogen and oxygen atoms in total. The molecule has 0 radical (unpaired) electrons. The largest absolute Gasteiger partial charge is 0.379 e. The summed E-state index contributed by atoms with van der Waals surface area (Å²) in [4.78, 5) is 2.34. The predicted molar refractivity (Wildman–Crippen MR) is 84.4 cm³/mol. The first-order valence-corrected chi connectivity index (χ1v) is 7.82. The number of ether oxygens (including phenoxy) is 1. The van der Waals surface area contributed by atoms with Crippen molar-refractivity contribution in [3.63, 3.8) is 0 Å². The molecular formula is C15H22Cl2N2O. The quantitative estimate of drug-likeness (QED) is 0.814. The highest BCUT2D eigenvalue weighted by molar-refractivity contribution is 6.34. The molecule has 0 spiro atoms. The van der Waals surface area contributed by atoms with Crippen LogP contribution >= 0.6 is 23.2 Å². The lowest BCUT2D eigenvalue weighted by atomic mass is 10.0. The Kier molecular flexibility index (Phi) is 5.70. The number of nitrogens with zero attached hydrogens (tertiary/aromatic N) is 1. The van der Waals surface area contributed by atoms with Crippen molar-refractivity contribution >= 4 is 23.2 Å². The molecule has 2 rings (SSSR count). The fourth-order valence-electron chi connectivity index (χ4n) is 2.71. The fraction of sp³-hybridized carbons (Fsp3) is 0.600. The minimum Gasteiger partial charge on any atom is -0.379 e. The van der Waals surface area contributed by atoms with E-state index in [9.17, 15) is 0 Å². The maximum Gasteiger partial charge on any atom is 0.0518 e. The molecule has 0 fully saturated rings. The Morgan fingerprint density at radius 3 is 2.70 bits per heavy atom. The van der Waals surface area contributed by atoms with Crippen LogP contribution in [-0.4, -0.2) is 30.7 Å². The van der Waals surface area contributed by atoms with Gasteiger partial charge in [0, 0.05) is 42.3 Å². The van der Waals surface area contributed by atoms with Crippen LogP contribution in [-0.2, 0) is 11.3 Å². The van der Waals surface area contributed by atoms with Crippen molar-refractivity contribution in [2.45, 2.75) is 39.0 Å². The van der Waals surface area contributed by atoms with Crippen molar-refractivity contribution in [1.82, 2.24) is 4.90 Å². The first-order valence-electron chi connectivity index (χ1n) is 7.07. The van der Waals surface area contributed by atoms with Gasteiger partial charge in [0.2, 0.25) is 0 Å². The van der Waals surface area contributed by atoms with Crippen molar-refractivity contribution in [1.29, 1.82) is 0 Å². The van der Waals surface area contributed by atoms with E-state index in [1.807, 2.05) is 26.0 Å². The number of rotatable bonds is 6. The Labute approximate surface area is 131 Å². The Morgan fingerprint density at radius 2 is 2.05 bits per heavy atom. The molecule has 1 aliphatic rings. The molecule has 1 unspecified atom stereocenters. The van der Waals surface area contributed by atoms with Gasteiger partial charge >= 0.3 is 0 Å². The number of hydrogen-bond acceptors (Lipinski definition) is 3. The normalized spacial score (nSPS) is 18.8. The summed E-state index contributed by atoms with van der Waals surface area (Å²) in [5.74, 6) is 0. The van der Waals surface area contributed by atoms with Gasteiger partial charge in [-0.25, -0.2) is 0 Å². The van der Waals surface area contributed by atoms with E-state index in [-0.39, 0.29) is 12.1 Å². The molecule has 1 aromatic carbocycles. The fourth-order valence-corrected chi connectivity index (χ4v) is 3.24. The zero-order valence-corrected chi connectivity index (χ0v) is 13.5. The van der Waals surface area contributed by atoms with E-state index in [4.69, 9.17) is 33.7 Å². The number of hydrogen-bond donors (Lipinski definition) is 1. The first-order chi connectivity index (χ1) is 9.54. The summed E-state index contributed by atoms with van der Waals surface area (Å²) < 4.78 is 5.59. The number of nitrogens with two attached hydrogens (primary N) is 1. The van der Waals surface area contributed by atoms with E-state index in [0.717, 1.165) is 47.3 Å². The topological polar surface area (TPSA) is 38.5 Å². The zero-order valence-electron chi connectivity index (χ0n) is 12.0. The molecule has 0 aromatic heterocycles. The highest BCUT2D eigenvalue weighted by Gasteiger charge is 2.32. The second-order valence-corrected chi connectivity index (χ2v) is 6.23. The smallest absolute Gasteiger partial charge is 0.0518 e. The van der Waals surface area contributed by atoms with Crippen molar-refractivity contribution < 1.29 is 4.74 Å². The SMILES string of the molecule is CC(C)OCCCN1Cc2c(Cl)ccc(Cl)c2C1CN. The van der Waals surface area contributed by atoms with E-state index in [2.05, 4.69) is 4.90 Å². The van der Waals surface area contributed by atoms with Gasteiger partial charge in [-0.15, -0.1) is 0 Å². The molecule has 112 valence electrons. The molecule has 5 heteroatoms. The molecule has 1 atom stereocenters. The van der Waals surface area contributed by atoms with Gasteiger partial charge in [0.15, 0.2) is 0 Å². The Hall–Kier alpha value is -0.320. The summed E-state index contributed by atoms with van der Waals surface area (Å²) in [6.07, 6.45) is 1.26. The average Bonchev–Trinajstić information content (AvgIpc) is 2.78. The highest BCUT2D eigenvalue weighted by Crippen LogP contribution is 2.41. The summed E-state index contributed by atoms with van der Waals surface area (Å²) >= 11 is 12.6. The van der Waals surface area contributed by atoms with Crippen LogP contribution in [0.1, 0.15) is 37.4 Å². The maximum atomic E-state index is 6.32. The summed E-state index contributed by atoms with van der Waals surface area (Å²) in [7, 11) is 0. The molecule has 0 amide bonds. The molecule has 1 aromatic rings. The molecule has 0 saturated heterocycles. The molecular weight excluding hydrogens is 295 g/mol. The molecule has 20 heavy (non-hydrogen) atoms. The Bertz CT molecular complexity index is 465. The third kappa shape index (κ3) is 3.46. The minimum absolute atomic E-state index is 0.162. The van der Waals surface area contributed by atoms with E-state index in [1.165, 1.54) is 0 Å². The Morgan fingerprint density at radius 1 is 1.35 bits per heavy atom. The number of halogens is 2. The van der Waals surface area contributed by atoms with Crippen molar-refractivity contribution in [3.8, 4) is 0 Å². The first kappa shape index (κ1) is 16.1. The summed E-state index contributed by atoms with van der Waals surface area (Å²) in [6, 6.07) is 3.88. The monoisotopic (exact) mass is 316 g/mol. The standard InChI is InChI=1S/C15H22Cl2N2O/c1-10(2)20-7-3-6-19-9-11-12(16)4-5-13(17)15(11)14(19)8-18/h4-5,10,14H,3,6-9,18H2,1-2H3. The summed E-state index contributed by atoms with van der Waals surface area (Å²) in [5.41, 5.74) is 8.16. The van der Waals surface area contributed by atoms with Crippen molar-refractivity contribution in [3.05, 3.63) is 33.3 Å². The van der Waals surface area contributed by atoms with Gasteiger partial charge < -0.3 is 10.5 Å². The minimum atomic E-state index is 0.162. The third-order valence-corrected chi connectivity index (χ3v) is 4.33. The van der Waals surface area contributed by atoms with Crippen molar-refractivity contribution in [2.75, 3.05) is 19.7 Å². The average molecular weight is 317 g/mol. The van der Waals surface area contributed by atoms with E-state index in [0.29, 0.717) is 6.54 Å².